The summed E-state index contributed by atoms with van der Waals surface area (Å²) in [6.45, 7) is 26.0. The summed E-state index contributed by atoms with van der Waals surface area (Å²) in [6, 6.07) is 1.35. The Morgan fingerprint density at radius 1 is 1.06 bits per heavy atom. The van der Waals surface area contributed by atoms with E-state index >= 15 is 0 Å². The Bertz CT molecular complexity index is 264. The predicted molar refractivity (Wildman–Crippen MR) is 91.5 cm³/mol. The van der Waals surface area contributed by atoms with Crippen LogP contribution in [0.4, 0.5) is 0 Å². The molecule has 0 heterocycles. The molecule has 0 aromatic rings. The fraction of sp³-hybridized carbons (Fsp3) is 0.867. The van der Waals surface area contributed by atoms with Gasteiger partial charge in [0.25, 0.3) is 0 Å². The van der Waals surface area contributed by atoms with Gasteiger partial charge < -0.3 is 4.57 Å². The normalized spacial score (nSPS) is 14.1. The van der Waals surface area contributed by atoms with Crippen molar-refractivity contribution in [3.63, 3.8) is 0 Å². The highest BCUT2D eigenvalue weighted by Gasteiger charge is 2.40. The van der Waals surface area contributed by atoms with Gasteiger partial charge in [-0.05, 0) is 30.6 Å². The topological polar surface area (TPSA) is 3.24 Å². The summed E-state index contributed by atoms with van der Waals surface area (Å²) in [6.07, 6.45) is 1.27. The van der Waals surface area contributed by atoms with Crippen molar-refractivity contribution in [1.29, 1.82) is 0 Å². The summed E-state index contributed by atoms with van der Waals surface area (Å²) in [7, 11) is -2.51. The van der Waals surface area contributed by atoms with Crippen molar-refractivity contribution in [1.82, 2.24) is 4.57 Å². The molecule has 0 saturated carbocycles. The van der Waals surface area contributed by atoms with E-state index in [1.54, 1.807) is 0 Å². The molecule has 0 bridgehead atoms. The van der Waals surface area contributed by atoms with E-state index in [0.29, 0.717) is 5.04 Å². The molecule has 0 spiro atoms. The van der Waals surface area contributed by atoms with Gasteiger partial charge in [-0.1, -0.05) is 53.9 Å². The molecule has 0 aromatic carbocycles. The molecule has 0 atom stereocenters. The molecule has 1 nitrogen and oxygen atoms in total. The Kier molecular flexibility index (Phi) is 6.58. The first kappa shape index (κ1) is 18.1. The molecule has 0 amide bonds. The van der Waals surface area contributed by atoms with Gasteiger partial charge in [-0.3, -0.25) is 0 Å². The van der Waals surface area contributed by atoms with Crippen LogP contribution in [-0.2, 0) is 0 Å². The first-order valence-electron chi connectivity index (χ1n) is 7.36. The van der Waals surface area contributed by atoms with Gasteiger partial charge in [-0.15, -0.1) is 12.3 Å². The average molecular weight is 286 g/mol. The van der Waals surface area contributed by atoms with E-state index in [1.165, 1.54) is 25.6 Å². The van der Waals surface area contributed by atoms with Crippen LogP contribution in [0.3, 0.4) is 0 Å². The summed E-state index contributed by atoms with van der Waals surface area (Å²) in [5.74, 6) is 0. The Morgan fingerprint density at radius 2 is 1.56 bits per heavy atom. The smallest absolute Gasteiger partial charge is 0.127 e. The summed E-state index contributed by atoms with van der Waals surface area (Å²) in [5.41, 5.74) is 2.24. The molecular weight excluding hydrogens is 250 g/mol. The zero-order valence-corrected chi connectivity index (χ0v) is 16.1. The van der Waals surface area contributed by atoms with Crippen LogP contribution in [0, 0.1) is 0 Å². The fourth-order valence-electron chi connectivity index (χ4n) is 1.94. The molecule has 18 heavy (non-hydrogen) atoms. The predicted octanol–water partition coefficient (Wildman–Crippen LogP) is 5.14. The summed E-state index contributed by atoms with van der Waals surface area (Å²) < 4.78 is 2.82. The van der Waals surface area contributed by atoms with Crippen LogP contribution < -0.4 is 0 Å². The lowest BCUT2D eigenvalue weighted by Crippen LogP contribution is -2.56. The molecule has 3 heteroatoms. The lowest BCUT2D eigenvalue weighted by atomic mass is 10.2. The van der Waals surface area contributed by atoms with E-state index in [-0.39, 0.29) is 0 Å². The Balaban J connectivity index is 4.82. The van der Waals surface area contributed by atoms with Crippen LogP contribution >= 0.6 is 0 Å². The van der Waals surface area contributed by atoms with Gasteiger partial charge in [-0.2, -0.15) is 0 Å². The van der Waals surface area contributed by atoms with Gasteiger partial charge in [0, 0.05) is 0 Å². The minimum Gasteiger partial charge on any atom is -0.324 e. The molecule has 0 fully saturated rings. The molecule has 0 radical (unpaired) electrons. The average Bonchev–Trinajstić information content (AvgIpc) is 2.22. The second-order valence-corrected chi connectivity index (χ2v) is 17.9. The molecule has 108 valence electrons. The number of hydrogen-bond donors (Lipinski definition) is 0. The van der Waals surface area contributed by atoms with E-state index in [9.17, 15) is 0 Å². The van der Waals surface area contributed by atoms with E-state index in [2.05, 4.69) is 70.7 Å². The van der Waals surface area contributed by atoms with Gasteiger partial charge in [0.1, 0.15) is 8.24 Å². The molecule has 0 aliphatic heterocycles. The van der Waals surface area contributed by atoms with Gasteiger partial charge in [0.05, 0.1) is 8.07 Å². The number of hydrogen-bond acceptors (Lipinski definition) is 1. The standard InChI is InChI=1S/C15H35NSi2/c1-10-12-16(13-14-17(6,7)11-2)18(8,9)15(3,4)5/h11H,2,10,12-14H2,1,3-9H3. The van der Waals surface area contributed by atoms with Crippen molar-refractivity contribution >= 4 is 16.3 Å². The largest absolute Gasteiger partial charge is 0.324 e. The Labute approximate surface area is 118 Å². The summed E-state index contributed by atoms with van der Waals surface area (Å²) >= 11 is 0. The van der Waals surface area contributed by atoms with E-state index in [1.807, 2.05) is 0 Å². The highest BCUT2D eigenvalue weighted by molar-refractivity contribution is 6.82. The van der Waals surface area contributed by atoms with Crippen LogP contribution in [0.1, 0.15) is 34.1 Å². The molecule has 0 unspecified atom stereocenters. The lowest BCUT2D eigenvalue weighted by Gasteiger charge is -2.46. The third kappa shape index (κ3) is 5.02. The SMILES string of the molecule is C=C[Si](C)(C)CCN(CCC)[Si](C)(C)C(C)(C)C. The summed E-state index contributed by atoms with van der Waals surface area (Å²) in [4.78, 5) is 0. The molecule has 0 rings (SSSR count). The zero-order valence-electron chi connectivity index (χ0n) is 14.1. The number of rotatable bonds is 7. The van der Waals surface area contributed by atoms with Crippen LogP contribution in [0.5, 0.6) is 0 Å². The second-order valence-electron chi connectivity index (χ2n) is 7.74. The highest BCUT2D eigenvalue weighted by Crippen LogP contribution is 2.38. The quantitative estimate of drug-likeness (QED) is 0.586. The monoisotopic (exact) mass is 285 g/mol. The third-order valence-electron chi connectivity index (χ3n) is 4.70. The molecular formula is C15H35NSi2. The lowest BCUT2D eigenvalue weighted by molar-refractivity contribution is 0.413. The zero-order chi connectivity index (χ0) is 14.6. The van der Waals surface area contributed by atoms with E-state index < -0.39 is 16.3 Å². The maximum absolute atomic E-state index is 4.02. The second kappa shape index (κ2) is 6.53. The Hall–Kier alpha value is 0.134. The minimum absolute atomic E-state index is 0.446. The van der Waals surface area contributed by atoms with Crippen molar-refractivity contribution < 1.29 is 0 Å². The number of nitrogens with zero attached hydrogens (tertiary/aromatic N) is 1. The van der Waals surface area contributed by atoms with Crippen molar-refractivity contribution in [2.75, 3.05) is 13.1 Å². The minimum atomic E-state index is -1.35. The van der Waals surface area contributed by atoms with Gasteiger partial charge in [-0.25, -0.2) is 0 Å². The fourth-order valence-corrected chi connectivity index (χ4v) is 5.62. The molecule has 0 N–H and O–H groups in total. The van der Waals surface area contributed by atoms with Crippen LogP contribution in [0.2, 0.25) is 37.3 Å². The Morgan fingerprint density at radius 3 is 1.89 bits per heavy atom. The molecule has 0 saturated heterocycles. The van der Waals surface area contributed by atoms with Crippen molar-refractivity contribution in [3.8, 4) is 0 Å². The highest BCUT2D eigenvalue weighted by atomic mass is 28.3. The van der Waals surface area contributed by atoms with Crippen molar-refractivity contribution in [2.24, 2.45) is 0 Å². The maximum atomic E-state index is 4.02. The van der Waals surface area contributed by atoms with Crippen LogP contribution in [-0.4, -0.2) is 34.0 Å². The van der Waals surface area contributed by atoms with Crippen LogP contribution in [0.25, 0.3) is 0 Å². The molecule has 0 aliphatic carbocycles. The molecule has 0 aromatic heterocycles. The van der Waals surface area contributed by atoms with E-state index in [4.69, 9.17) is 0 Å². The van der Waals surface area contributed by atoms with Crippen LogP contribution in [0.15, 0.2) is 12.3 Å². The first-order valence-corrected chi connectivity index (χ1v) is 13.6. The van der Waals surface area contributed by atoms with Crippen molar-refractivity contribution in [2.45, 2.75) is 71.4 Å². The maximum Gasteiger partial charge on any atom is 0.127 e. The third-order valence-corrected chi connectivity index (χ3v) is 13.0. The van der Waals surface area contributed by atoms with Gasteiger partial charge >= 0.3 is 0 Å². The first-order chi connectivity index (χ1) is 7.98. The van der Waals surface area contributed by atoms with Gasteiger partial charge in [0.15, 0.2) is 0 Å². The van der Waals surface area contributed by atoms with Gasteiger partial charge in [0.2, 0.25) is 0 Å². The van der Waals surface area contributed by atoms with E-state index in [0.717, 1.165) is 0 Å². The molecule has 0 aliphatic rings. The van der Waals surface area contributed by atoms with Crippen molar-refractivity contribution in [3.05, 3.63) is 12.3 Å². The summed E-state index contributed by atoms with van der Waals surface area (Å²) in [5, 5.41) is 0.446.